The zero-order valence-electron chi connectivity index (χ0n) is 38.0. The van der Waals surface area contributed by atoms with Gasteiger partial charge in [-0.05, 0) is 55.3 Å². The van der Waals surface area contributed by atoms with Crippen molar-refractivity contribution in [3.63, 3.8) is 0 Å². The number of hydrogen-bond donors (Lipinski definition) is 5. The van der Waals surface area contributed by atoms with Gasteiger partial charge in [0.1, 0.15) is 12.1 Å². The largest absolute Gasteiger partial charge is 0.379 e. The molecule has 0 aliphatic carbocycles. The molecule has 5 N–H and O–H groups in total. The summed E-state index contributed by atoms with van der Waals surface area (Å²) in [6.45, 7) is 13.9. The van der Waals surface area contributed by atoms with Crippen LogP contribution in [0.2, 0.25) is 0 Å². The Bertz CT molecular complexity index is 1730. The van der Waals surface area contributed by atoms with E-state index in [1.165, 1.54) is 14.2 Å². The van der Waals surface area contributed by atoms with Crippen molar-refractivity contribution in [1.82, 2.24) is 36.6 Å². The van der Waals surface area contributed by atoms with Crippen LogP contribution in [0.15, 0.2) is 60.7 Å². The number of hydrazine groups is 1. The van der Waals surface area contributed by atoms with Crippen molar-refractivity contribution in [2.75, 3.05) is 34.9 Å². The molecule has 15 heteroatoms. The molecule has 61 heavy (non-hydrogen) atoms. The van der Waals surface area contributed by atoms with Gasteiger partial charge in [0.15, 0.2) is 0 Å². The number of hydrogen-bond acceptors (Lipinski definition) is 9. The van der Waals surface area contributed by atoms with E-state index in [0.29, 0.717) is 31.4 Å². The Kier molecular flexibility index (Phi) is 20.3. The second-order valence-corrected chi connectivity index (χ2v) is 16.9. The number of nitrogens with zero attached hydrogens (tertiary/aromatic N) is 2. The first-order chi connectivity index (χ1) is 29.0. The highest BCUT2D eigenvalue weighted by Crippen LogP contribution is 2.30. The van der Waals surface area contributed by atoms with Gasteiger partial charge in [0.05, 0.1) is 42.7 Å². The molecule has 1 fully saturated rings. The first-order valence-corrected chi connectivity index (χ1v) is 21.6. The normalized spacial score (nSPS) is 17.9. The molecule has 0 spiro atoms. The van der Waals surface area contributed by atoms with Crippen LogP contribution in [0.5, 0.6) is 0 Å². The molecule has 0 bridgehead atoms. The van der Waals surface area contributed by atoms with E-state index < -0.39 is 66.1 Å². The average Bonchev–Trinajstić information content (AvgIpc) is 3.74. The van der Waals surface area contributed by atoms with Crippen molar-refractivity contribution in [3.8, 4) is 0 Å². The quantitative estimate of drug-likeness (QED) is 0.111. The van der Waals surface area contributed by atoms with Gasteiger partial charge in [-0.2, -0.15) is 0 Å². The third kappa shape index (κ3) is 13.8. The highest BCUT2D eigenvalue weighted by molar-refractivity contribution is 5.96. The molecule has 1 saturated heterocycles. The molecule has 2 aromatic carbocycles. The van der Waals surface area contributed by atoms with E-state index in [-0.39, 0.29) is 48.3 Å². The molecule has 15 nitrogen and oxygen atoms in total. The average molecular weight is 850 g/mol. The van der Waals surface area contributed by atoms with Crippen LogP contribution in [0.1, 0.15) is 90.1 Å². The Morgan fingerprint density at radius 2 is 1.39 bits per heavy atom. The number of methoxy groups -OCH3 is 2. The maximum atomic E-state index is 14.3. The van der Waals surface area contributed by atoms with E-state index in [4.69, 9.17) is 9.47 Å². The van der Waals surface area contributed by atoms with Crippen LogP contribution in [0.4, 0.5) is 0 Å². The van der Waals surface area contributed by atoms with Crippen molar-refractivity contribution >= 4 is 35.4 Å². The summed E-state index contributed by atoms with van der Waals surface area (Å²) in [5, 5.41) is 8.90. The third-order valence-corrected chi connectivity index (χ3v) is 12.0. The second kappa shape index (κ2) is 24.5. The Labute approximate surface area is 362 Å². The molecule has 2 aromatic rings. The molecule has 1 heterocycles. The maximum absolute atomic E-state index is 14.3. The van der Waals surface area contributed by atoms with Crippen LogP contribution < -0.4 is 26.8 Å². The number of amides is 6. The molecule has 0 saturated carbocycles. The monoisotopic (exact) mass is 850 g/mol. The van der Waals surface area contributed by atoms with Gasteiger partial charge in [0.25, 0.3) is 11.8 Å². The summed E-state index contributed by atoms with van der Waals surface area (Å²) in [6, 6.07) is 14.4. The second-order valence-electron chi connectivity index (χ2n) is 16.9. The summed E-state index contributed by atoms with van der Waals surface area (Å²) in [6.07, 6.45) is 0.715. The zero-order chi connectivity index (χ0) is 45.4. The summed E-state index contributed by atoms with van der Waals surface area (Å²) in [5.41, 5.74) is 6.05. The minimum absolute atomic E-state index is 0.0101. The topological polar surface area (TPSA) is 188 Å². The molecule has 3 rings (SSSR count). The van der Waals surface area contributed by atoms with Crippen molar-refractivity contribution in [2.24, 2.45) is 23.7 Å². The van der Waals surface area contributed by atoms with E-state index in [2.05, 4.69) is 26.8 Å². The molecule has 6 amide bonds. The standard InChI is InChI=1S/C46H71N7O8/c1-12-30(6)40(52(9)46(59)39(29(4)5)49-45(58)38(47-8)28(2)3)36(60-10)27-37(54)53-25-19-24-35(53)41(61-11)31(7)42(55)48-34(26-32-20-15-13-16-21-32)44(57)51-50-43(56)33-22-17-14-18-23-33/h13-18,20-23,28-31,34-36,38-41,47H,12,19,24-27H2,1-11H3,(H,48,55)(H,49,58)(H,50,56)(H,51,57)/t30-,31+,34-,35-,36+,38-,39-,40?,41+/m0/s1. The molecule has 1 aliphatic rings. The number of ether oxygens (including phenoxy) is 2. The SMILES string of the molecule is CC[C@H](C)C([C@@H](CC(=O)N1CCC[C@H]1[C@H](OC)[C@@H](C)C(=O)N[C@@H](Cc1ccccc1)C(=O)NNC(=O)c1ccccc1)OC)N(C)C(=O)[C@@H](NC(=O)[C@@H](NC)C(C)C)C(C)C. The first kappa shape index (κ1) is 50.5. The van der Waals surface area contributed by atoms with Gasteiger partial charge in [0.2, 0.25) is 23.6 Å². The number of benzene rings is 2. The number of likely N-dealkylation sites (tertiary alicyclic amines) is 1. The number of rotatable bonds is 22. The van der Waals surface area contributed by atoms with Crippen LogP contribution in [0.3, 0.4) is 0 Å². The minimum atomic E-state index is -1.05. The number of likely N-dealkylation sites (N-methyl/N-ethyl adjacent to an activating group) is 2. The molecule has 1 aliphatic heterocycles. The predicted molar refractivity (Wildman–Crippen MR) is 235 cm³/mol. The summed E-state index contributed by atoms with van der Waals surface area (Å²) in [7, 11) is 6.47. The van der Waals surface area contributed by atoms with Crippen molar-refractivity contribution in [3.05, 3.63) is 71.8 Å². The Morgan fingerprint density at radius 3 is 1.93 bits per heavy atom. The van der Waals surface area contributed by atoms with Crippen molar-refractivity contribution in [1.29, 1.82) is 0 Å². The molecule has 338 valence electrons. The fourth-order valence-corrected chi connectivity index (χ4v) is 8.28. The van der Waals surface area contributed by atoms with Crippen LogP contribution in [0.25, 0.3) is 0 Å². The highest BCUT2D eigenvalue weighted by atomic mass is 16.5. The summed E-state index contributed by atoms with van der Waals surface area (Å²) >= 11 is 0. The Hall–Kier alpha value is -4.86. The van der Waals surface area contributed by atoms with Gasteiger partial charge in [-0.3, -0.25) is 39.6 Å². The lowest BCUT2D eigenvalue weighted by atomic mass is 9.89. The minimum Gasteiger partial charge on any atom is -0.379 e. The van der Waals surface area contributed by atoms with Crippen LogP contribution in [-0.2, 0) is 39.9 Å². The lowest BCUT2D eigenvalue weighted by molar-refractivity contribution is -0.148. The highest BCUT2D eigenvalue weighted by Gasteiger charge is 2.43. The lowest BCUT2D eigenvalue weighted by Crippen LogP contribution is -2.59. The van der Waals surface area contributed by atoms with E-state index in [1.807, 2.05) is 71.9 Å². The van der Waals surface area contributed by atoms with Gasteiger partial charge >= 0.3 is 0 Å². The number of carbonyl (C=O) groups excluding carboxylic acids is 6. The molecular formula is C46H71N7O8. The van der Waals surface area contributed by atoms with Gasteiger partial charge in [0, 0.05) is 39.8 Å². The van der Waals surface area contributed by atoms with E-state index in [0.717, 1.165) is 5.56 Å². The third-order valence-electron chi connectivity index (χ3n) is 12.0. The van der Waals surface area contributed by atoms with E-state index in [9.17, 15) is 28.8 Å². The van der Waals surface area contributed by atoms with Crippen LogP contribution in [0, 0.1) is 23.7 Å². The molecular weight excluding hydrogens is 779 g/mol. The van der Waals surface area contributed by atoms with Crippen LogP contribution in [-0.4, -0.2) is 123 Å². The lowest BCUT2D eigenvalue weighted by Gasteiger charge is -2.41. The smallest absolute Gasteiger partial charge is 0.269 e. The maximum Gasteiger partial charge on any atom is 0.269 e. The van der Waals surface area contributed by atoms with Gasteiger partial charge in [-0.15, -0.1) is 0 Å². The Morgan fingerprint density at radius 1 is 0.787 bits per heavy atom. The van der Waals surface area contributed by atoms with Gasteiger partial charge in [-0.1, -0.05) is 103 Å². The summed E-state index contributed by atoms with van der Waals surface area (Å²) in [5.74, 6) is -3.33. The zero-order valence-corrected chi connectivity index (χ0v) is 38.0. The Balaban J connectivity index is 1.79. The number of nitrogens with one attached hydrogen (secondary N) is 5. The van der Waals surface area contributed by atoms with Crippen molar-refractivity contribution in [2.45, 2.75) is 123 Å². The summed E-state index contributed by atoms with van der Waals surface area (Å²) < 4.78 is 12.0. The first-order valence-electron chi connectivity index (χ1n) is 21.6. The predicted octanol–water partition coefficient (Wildman–Crippen LogP) is 3.48. The van der Waals surface area contributed by atoms with Gasteiger partial charge < -0.3 is 35.2 Å². The number of carbonyl (C=O) groups is 6. The molecule has 1 unspecified atom stereocenters. The van der Waals surface area contributed by atoms with Gasteiger partial charge in [-0.25, -0.2) is 0 Å². The fourth-order valence-electron chi connectivity index (χ4n) is 8.28. The molecule has 0 aromatic heterocycles. The summed E-state index contributed by atoms with van der Waals surface area (Å²) in [4.78, 5) is 85.4. The van der Waals surface area contributed by atoms with Crippen LogP contribution >= 0.6 is 0 Å². The fraction of sp³-hybridized carbons (Fsp3) is 0.609. The van der Waals surface area contributed by atoms with Crippen molar-refractivity contribution < 1.29 is 38.2 Å². The van der Waals surface area contributed by atoms with E-state index >= 15 is 0 Å². The van der Waals surface area contributed by atoms with E-state index in [1.54, 1.807) is 61.2 Å². The molecule has 0 radical (unpaired) electrons. The molecule has 9 atom stereocenters.